The van der Waals surface area contributed by atoms with E-state index < -0.39 is 10.0 Å². The predicted octanol–water partition coefficient (Wildman–Crippen LogP) is 5.18. The highest BCUT2D eigenvalue weighted by molar-refractivity contribution is 7.89. The Kier molecular flexibility index (Phi) is 11.3. The van der Waals surface area contributed by atoms with Crippen LogP contribution in [0.3, 0.4) is 0 Å². The van der Waals surface area contributed by atoms with Crippen LogP contribution in [-0.4, -0.2) is 62.8 Å². The van der Waals surface area contributed by atoms with Crippen molar-refractivity contribution in [3.05, 3.63) is 71.7 Å². The summed E-state index contributed by atoms with van der Waals surface area (Å²) in [5, 5.41) is 6.62. The summed E-state index contributed by atoms with van der Waals surface area (Å²) in [6.07, 6.45) is 12.7. The SMILES string of the molecule is C=C(CC[C@H]1CN[C@@H]2CCCS(=O)(=O)N1C2)/C(=C\C=C/C)NC(=O)C[C@@H](c1ccc(F)cc1)[C@H]1CC[C@H](OC)CC1. The van der Waals surface area contributed by atoms with E-state index in [1.807, 2.05) is 25.2 Å². The number of amides is 1. The Hall–Kier alpha value is -2.33. The molecule has 2 bridgehead atoms. The van der Waals surface area contributed by atoms with Gasteiger partial charge in [0.25, 0.3) is 0 Å². The van der Waals surface area contributed by atoms with Crippen LogP contribution in [0, 0.1) is 11.7 Å². The van der Waals surface area contributed by atoms with E-state index in [2.05, 4.69) is 17.2 Å². The highest BCUT2D eigenvalue weighted by Gasteiger charge is 2.38. The molecule has 4 rings (SSSR count). The van der Waals surface area contributed by atoms with E-state index in [0.29, 0.717) is 44.0 Å². The molecule has 2 heterocycles. The van der Waals surface area contributed by atoms with Crippen molar-refractivity contribution in [2.24, 2.45) is 5.92 Å². The van der Waals surface area contributed by atoms with Crippen LogP contribution in [0.15, 0.2) is 60.3 Å². The van der Waals surface area contributed by atoms with E-state index in [9.17, 15) is 17.6 Å². The molecule has 2 aliphatic heterocycles. The molecule has 7 nitrogen and oxygen atoms in total. The molecule has 1 amide bonds. The van der Waals surface area contributed by atoms with Gasteiger partial charge in [-0.05, 0) is 99.5 Å². The van der Waals surface area contributed by atoms with Crippen LogP contribution in [-0.2, 0) is 19.6 Å². The van der Waals surface area contributed by atoms with Crippen LogP contribution in [0.4, 0.5) is 4.39 Å². The summed E-state index contributed by atoms with van der Waals surface area (Å²) in [4.78, 5) is 13.5. The van der Waals surface area contributed by atoms with E-state index in [1.165, 1.54) is 12.1 Å². The normalized spacial score (nSPS) is 29.0. The van der Waals surface area contributed by atoms with Gasteiger partial charge in [0.05, 0.1) is 11.9 Å². The number of benzene rings is 1. The first-order chi connectivity index (χ1) is 19.7. The monoisotopic (exact) mass is 587 g/mol. The summed E-state index contributed by atoms with van der Waals surface area (Å²) >= 11 is 0. The van der Waals surface area contributed by atoms with Gasteiger partial charge in [-0.1, -0.05) is 30.9 Å². The first kappa shape index (κ1) is 31.6. The molecule has 41 heavy (non-hydrogen) atoms. The van der Waals surface area contributed by atoms with Crippen LogP contribution in [0.1, 0.15) is 76.2 Å². The minimum Gasteiger partial charge on any atom is -0.381 e. The van der Waals surface area contributed by atoms with Gasteiger partial charge < -0.3 is 15.4 Å². The second kappa shape index (κ2) is 14.7. The van der Waals surface area contributed by atoms with E-state index >= 15 is 0 Å². The smallest absolute Gasteiger partial charge is 0.225 e. The van der Waals surface area contributed by atoms with Gasteiger partial charge in [-0.3, -0.25) is 4.79 Å². The number of carbonyl (C=O) groups excluding carboxylic acids is 1. The quantitative estimate of drug-likeness (QED) is 0.348. The Balaban J connectivity index is 1.42. The largest absolute Gasteiger partial charge is 0.381 e. The van der Waals surface area contributed by atoms with Gasteiger partial charge in [-0.2, -0.15) is 4.31 Å². The van der Waals surface area contributed by atoms with Gasteiger partial charge in [0.15, 0.2) is 0 Å². The zero-order valence-corrected chi connectivity index (χ0v) is 25.3. The fourth-order valence-electron chi connectivity index (χ4n) is 6.56. The molecule has 2 N–H and O–H groups in total. The number of allylic oxidation sites excluding steroid dienone is 4. The van der Waals surface area contributed by atoms with Crippen LogP contribution in [0.25, 0.3) is 0 Å². The van der Waals surface area contributed by atoms with Crippen LogP contribution >= 0.6 is 0 Å². The summed E-state index contributed by atoms with van der Waals surface area (Å²) in [7, 11) is -1.52. The highest BCUT2D eigenvalue weighted by atomic mass is 32.2. The molecule has 9 heteroatoms. The minimum absolute atomic E-state index is 0.0286. The Bertz CT molecular complexity index is 1210. The Labute approximate surface area is 245 Å². The number of hydrogen-bond acceptors (Lipinski definition) is 5. The van der Waals surface area contributed by atoms with Gasteiger partial charge in [-0.25, -0.2) is 12.8 Å². The highest BCUT2D eigenvalue weighted by Crippen LogP contribution is 2.39. The third-order valence-corrected chi connectivity index (χ3v) is 10.9. The van der Waals surface area contributed by atoms with Gasteiger partial charge in [0.1, 0.15) is 5.82 Å². The Morgan fingerprint density at radius 1 is 1.22 bits per heavy atom. The van der Waals surface area contributed by atoms with E-state index in [0.717, 1.165) is 43.2 Å². The standard InChI is InChI=1S/C32H46FN3O4S/c1-4-5-8-31(23(2)9-16-28-21-34-27-7-6-19-41(38,39)36(28)22-27)35-32(37)20-30(24-10-14-26(33)15-11-24)25-12-17-29(40-3)18-13-25/h4-5,8,10-11,14-15,25,27-30,34H,2,6-7,9,12-13,16-22H2,1,3H3,(H,35,37)/b5-4-,31-8+/t25-,27-,28+,29-,30+/m1/s1. The number of sulfonamides is 1. The molecule has 0 spiro atoms. The molecular formula is C32H46FN3O4S. The first-order valence-corrected chi connectivity index (χ1v) is 16.6. The number of halogens is 1. The number of nitrogens with zero attached hydrogens (tertiary/aromatic N) is 1. The number of rotatable bonds is 11. The fraction of sp³-hybridized carbons (Fsp3) is 0.594. The molecular weight excluding hydrogens is 541 g/mol. The average molecular weight is 588 g/mol. The molecule has 3 fully saturated rings. The van der Waals surface area contributed by atoms with Crippen molar-refractivity contribution in [3.63, 3.8) is 0 Å². The zero-order chi connectivity index (χ0) is 29.4. The Morgan fingerprint density at radius 2 is 1.95 bits per heavy atom. The maximum Gasteiger partial charge on any atom is 0.225 e. The number of carbonyl (C=O) groups is 1. The number of hydrogen-bond donors (Lipinski definition) is 2. The van der Waals surface area contributed by atoms with Gasteiger partial charge in [-0.15, -0.1) is 0 Å². The van der Waals surface area contributed by atoms with Gasteiger partial charge >= 0.3 is 0 Å². The lowest BCUT2D eigenvalue weighted by molar-refractivity contribution is -0.121. The van der Waals surface area contributed by atoms with Crippen LogP contribution < -0.4 is 10.6 Å². The van der Waals surface area contributed by atoms with Crippen molar-refractivity contribution < 1.29 is 22.3 Å². The second-order valence-corrected chi connectivity index (χ2v) is 13.8. The summed E-state index contributed by atoms with van der Waals surface area (Å²) in [6, 6.07) is 6.61. The van der Waals surface area contributed by atoms with E-state index in [-0.39, 0.29) is 48.0 Å². The van der Waals surface area contributed by atoms with E-state index in [1.54, 1.807) is 23.5 Å². The molecule has 1 aliphatic carbocycles. The number of fused-ring (bicyclic) bond motifs is 2. The first-order valence-electron chi connectivity index (χ1n) is 15.0. The van der Waals surface area contributed by atoms with Crippen molar-refractivity contribution in [3.8, 4) is 0 Å². The van der Waals surface area contributed by atoms with Crippen molar-refractivity contribution in [2.45, 2.75) is 88.8 Å². The minimum atomic E-state index is -3.26. The van der Waals surface area contributed by atoms with Crippen molar-refractivity contribution in [2.75, 3.05) is 26.0 Å². The summed E-state index contributed by atoms with van der Waals surface area (Å²) in [5.74, 6) is 0.0843. The lowest BCUT2D eigenvalue weighted by Gasteiger charge is -2.37. The van der Waals surface area contributed by atoms with Crippen molar-refractivity contribution in [1.82, 2.24) is 14.9 Å². The molecule has 4 atom stereocenters. The average Bonchev–Trinajstić information content (AvgIpc) is 3.09. The Morgan fingerprint density at radius 3 is 2.63 bits per heavy atom. The molecule has 2 saturated heterocycles. The molecule has 3 aliphatic rings. The van der Waals surface area contributed by atoms with Crippen molar-refractivity contribution in [1.29, 1.82) is 0 Å². The molecule has 0 radical (unpaired) electrons. The lowest BCUT2D eigenvalue weighted by Crippen LogP contribution is -2.57. The number of methoxy groups -OCH3 is 1. The van der Waals surface area contributed by atoms with Gasteiger partial charge in [0.2, 0.25) is 15.9 Å². The lowest BCUT2D eigenvalue weighted by atomic mass is 9.74. The molecule has 226 valence electrons. The summed E-state index contributed by atoms with van der Waals surface area (Å²) in [6.45, 7) is 7.33. The van der Waals surface area contributed by atoms with Crippen molar-refractivity contribution >= 4 is 15.9 Å². The molecule has 0 aromatic heterocycles. The molecule has 1 aromatic rings. The third kappa shape index (κ3) is 8.60. The maximum absolute atomic E-state index is 13.7. The third-order valence-electron chi connectivity index (χ3n) is 8.98. The molecule has 1 aromatic carbocycles. The number of ether oxygens (including phenoxy) is 1. The number of piperazine rings is 1. The van der Waals surface area contributed by atoms with E-state index in [4.69, 9.17) is 4.74 Å². The van der Waals surface area contributed by atoms with Crippen LogP contribution in [0.5, 0.6) is 0 Å². The molecule has 1 saturated carbocycles. The van der Waals surface area contributed by atoms with Gasteiger partial charge in [0, 0.05) is 44.4 Å². The predicted molar refractivity (Wildman–Crippen MR) is 161 cm³/mol. The zero-order valence-electron chi connectivity index (χ0n) is 24.5. The van der Waals surface area contributed by atoms with Crippen LogP contribution in [0.2, 0.25) is 0 Å². The fourth-order valence-corrected chi connectivity index (χ4v) is 8.36. The summed E-state index contributed by atoms with van der Waals surface area (Å²) < 4.78 is 46.7. The maximum atomic E-state index is 13.7. The topological polar surface area (TPSA) is 87.7 Å². The second-order valence-electron chi connectivity index (χ2n) is 11.7. The summed E-state index contributed by atoms with van der Waals surface area (Å²) in [5.41, 5.74) is 2.39. The molecule has 1 unspecified atom stereocenters. The number of nitrogens with one attached hydrogen (secondary N) is 2.